The second kappa shape index (κ2) is 4.73. The minimum absolute atomic E-state index is 0.724. The molecule has 2 N–H and O–H groups in total. The van der Waals surface area contributed by atoms with Gasteiger partial charge in [-0.2, -0.15) is 0 Å². The van der Waals surface area contributed by atoms with Gasteiger partial charge in [0.1, 0.15) is 0 Å². The van der Waals surface area contributed by atoms with E-state index in [4.69, 9.17) is 0 Å². The molecule has 1 aliphatic heterocycles. The molecular formula is C9H20N2. The molecule has 1 rings (SSSR count). The van der Waals surface area contributed by atoms with Crippen molar-refractivity contribution in [2.45, 2.75) is 32.7 Å². The molecule has 0 aromatic heterocycles. The number of nitrogens with one attached hydrogen (secondary N) is 2. The Balaban J connectivity index is 2.05. The molecule has 0 radical (unpaired) electrons. The van der Waals surface area contributed by atoms with Crippen molar-refractivity contribution in [3.8, 4) is 0 Å². The molecule has 0 amide bonds. The molecule has 2 atom stereocenters. The first-order valence-electron chi connectivity index (χ1n) is 4.78. The second-order valence-corrected chi connectivity index (χ2v) is 3.55. The van der Waals surface area contributed by atoms with E-state index in [9.17, 15) is 0 Å². The van der Waals surface area contributed by atoms with Crippen LogP contribution in [0, 0.1) is 5.92 Å². The largest absolute Gasteiger partial charge is 0.315 e. The molecular weight excluding hydrogens is 136 g/mol. The highest BCUT2D eigenvalue weighted by molar-refractivity contribution is 4.83. The van der Waals surface area contributed by atoms with Crippen molar-refractivity contribution in [2.75, 3.05) is 19.6 Å². The van der Waals surface area contributed by atoms with E-state index in [0.29, 0.717) is 0 Å². The van der Waals surface area contributed by atoms with Gasteiger partial charge in [0.05, 0.1) is 0 Å². The molecule has 0 aromatic rings. The van der Waals surface area contributed by atoms with Gasteiger partial charge in [-0.3, -0.25) is 0 Å². The lowest BCUT2D eigenvalue weighted by molar-refractivity contribution is 0.449. The summed E-state index contributed by atoms with van der Waals surface area (Å²) in [4.78, 5) is 0. The summed E-state index contributed by atoms with van der Waals surface area (Å²) >= 11 is 0. The highest BCUT2D eigenvalue weighted by atomic mass is 15.0. The van der Waals surface area contributed by atoms with E-state index in [0.717, 1.165) is 18.5 Å². The monoisotopic (exact) mass is 156 g/mol. The van der Waals surface area contributed by atoms with Gasteiger partial charge in [-0.1, -0.05) is 20.3 Å². The fourth-order valence-electron chi connectivity index (χ4n) is 1.55. The SMILES string of the molecule is CCCCNC1CNCC1C. The highest BCUT2D eigenvalue weighted by Crippen LogP contribution is 2.06. The lowest BCUT2D eigenvalue weighted by Crippen LogP contribution is -2.35. The van der Waals surface area contributed by atoms with Gasteiger partial charge in [-0.15, -0.1) is 0 Å². The van der Waals surface area contributed by atoms with E-state index in [1.54, 1.807) is 0 Å². The van der Waals surface area contributed by atoms with Crippen LogP contribution in [0.25, 0.3) is 0 Å². The number of unbranched alkanes of at least 4 members (excludes halogenated alkanes) is 1. The van der Waals surface area contributed by atoms with Crippen molar-refractivity contribution in [2.24, 2.45) is 5.92 Å². The third kappa shape index (κ3) is 2.80. The summed E-state index contributed by atoms with van der Waals surface area (Å²) in [5, 5.41) is 6.96. The fraction of sp³-hybridized carbons (Fsp3) is 1.00. The topological polar surface area (TPSA) is 24.1 Å². The van der Waals surface area contributed by atoms with Gasteiger partial charge < -0.3 is 10.6 Å². The normalized spacial score (nSPS) is 31.1. The molecule has 0 saturated carbocycles. The van der Waals surface area contributed by atoms with E-state index in [1.165, 1.54) is 25.9 Å². The summed E-state index contributed by atoms with van der Waals surface area (Å²) < 4.78 is 0. The second-order valence-electron chi connectivity index (χ2n) is 3.55. The first kappa shape index (κ1) is 9.01. The van der Waals surface area contributed by atoms with Crippen LogP contribution >= 0.6 is 0 Å². The Morgan fingerprint density at radius 3 is 2.82 bits per heavy atom. The van der Waals surface area contributed by atoms with Crippen LogP contribution in [-0.2, 0) is 0 Å². The maximum absolute atomic E-state index is 3.57. The van der Waals surface area contributed by atoms with E-state index < -0.39 is 0 Å². The van der Waals surface area contributed by atoms with Gasteiger partial charge in [0.2, 0.25) is 0 Å². The van der Waals surface area contributed by atoms with Crippen LogP contribution in [0.4, 0.5) is 0 Å². The maximum atomic E-state index is 3.57. The van der Waals surface area contributed by atoms with Gasteiger partial charge in [0.25, 0.3) is 0 Å². The first-order valence-corrected chi connectivity index (χ1v) is 4.78. The molecule has 2 heteroatoms. The van der Waals surface area contributed by atoms with Crippen LogP contribution in [0.1, 0.15) is 26.7 Å². The number of hydrogen-bond acceptors (Lipinski definition) is 2. The molecule has 0 aromatic carbocycles. The number of rotatable bonds is 4. The maximum Gasteiger partial charge on any atom is 0.0230 e. The van der Waals surface area contributed by atoms with Gasteiger partial charge >= 0.3 is 0 Å². The highest BCUT2D eigenvalue weighted by Gasteiger charge is 2.21. The summed E-state index contributed by atoms with van der Waals surface area (Å²) in [6.45, 7) is 8.07. The molecule has 66 valence electrons. The van der Waals surface area contributed by atoms with Gasteiger partial charge in [0.15, 0.2) is 0 Å². The van der Waals surface area contributed by atoms with Gasteiger partial charge in [0, 0.05) is 12.6 Å². The zero-order chi connectivity index (χ0) is 8.10. The molecule has 1 aliphatic rings. The predicted molar refractivity (Wildman–Crippen MR) is 48.7 cm³/mol. The molecule has 2 nitrogen and oxygen atoms in total. The van der Waals surface area contributed by atoms with Crippen molar-refractivity contribution in [1.82, 2.24) is 10.6 Å². The Bertz CT molecular complexity index is 104. The molecule has 0 spiro atoms. The van der Waals surface area contributed by atoms with Crippen molar-refractivity contribution < 1.29 is 0 Å². The smallest absolute Gasteiger partial charge is 0.0230 e. The molecule has 1 fully saturated rings. The molecule has 2 unspecified atom stereocenters. The zero-order valence-corrected chi connectivity index (χ0v) is 7.69. The summed E-state index contributed by atoms with van der Waals surface area (Å²) in [5.41, 5.74) is 0. The Kier molecular flexibility index (Phi) is 3.87. The predicted octanol–water partition coefficient (Wildman–Crippen LogP) is 0.984. The average molecular weight is 156 g/mol. The van der Waals surface area contributed by atoms with E-state index >= 15 is 0 Å². The molecule has 1 heterocycles. The Morgan fingerprint density at radius 2 is 2.27 bits per heavy atom. The molecule has 11 heavy (non-hydrogen) atoms. The average Bonchev–Trinajstić information content (AvgIpc) is 2.37. The summed E-state index contributed by atoms with van der Waals surface area (Å²) in [5.74, 6) is 0.812. The van der Waals surface area contributed by atoms with Gasteiger partial charge in [-0.25, -0.2) is 0 Å². The lowest BCUT2D eigenvalue weighted by Gasteiger charge is -2.15. The molecule has 0 aliphatic carbocycles. The van der Waals surface area contributed by atoms with Crippen molar-refractivity contribution in [3.05, 3.63) is 0 Å². The summed E-state index contributed by atoms with van der Waals surface area (Å²) in [6, 6.07) is 0.724. The van der Waals surface area contributed by atoms with Crippen LogP contribution in [0.15, 0.2) is 0 Å². The van der Waals surface area contributed by atoms with Gasteiger partial charge in [-0.05, 0) is 25.4 Å². The van der Waals surface area contributed by atoms with E-state index in [1.807, 2.05) is 0 Å². The van der Waals surface area contributed by atoms with Crippen LogP contribution in [-0.4, -0.2) is 25.7 Å². The number of hydrogen-bond donors (Lipinski definition) is 2. The lowest BCUT2D eigenvalue weighted by atomic mass is 10.1. The Labute approximate surface area is 69.8 Å². The minimum Gasteiger partial charge on any atom is -0.315 e. The zero-order valence-electron chi connectivity index (χ0n) is 7.69. The standard InChI is InChI=1S/C9H20N2/c1-3-4-5-11-9-7-10-6-8(9)2/h8-11H,3-7H2,1-2H3. The first-order chi connectivity index (χ1) is 5.34. The minimum atomic E-state index is 0.724. The Hall–Kier alpha value is -0.0800. The van der Waals surface area contributed by atoms with E-state index in [-0.39, 0.29) is 0 Å². The third-order valence-electron chi connectivity index (χ3n) is 2.45. The van der Waals surface area contributed by atoms with Crippen LogP contribution < -0.4 is 10.6 Å². The molecule has 1 saturated heterocycles. The summed E-state index contributed by atoms with van der Waals surface area (Å²) in [7, 11) is 0. The van der Waals surface area contributed by atoms with Crippen molar-refractivity contribution in [1.29, 1.82) is 0 Å². The quantitative estimate of drug-likeness (QED) is 0.593. The summed E-state index contributed by atoms with van der Waals surface area (Å²) in [6.07, 6.45) is 2.60. The van der Waals surface area contributed by atoms with Crippen LogP contribution in [0.3, 0.4) is 0 Å². The van der Waals surface area contributed by atoms with Crippen molar-refractivity contribution in [3.63, 3.8) is 0 Å². The fourth-order valence-corrected chi connectivity index (χ4v) is 1.55. The van der Waals surface area contributed by atoms with Crippen molar-refractivity contribution >= 4 is 0 Å². The molecule has 0 bridgehead atoms. The third-order valence-corrected chi connectivity index (χ3v) is 2.45. The van der Waals surface area contributed by atoms with Crippen LogP contribution in [0.2, 0.25) is 0 Å². The Morgan fingerprint density at radius 1 is 1.45 bits per heavy atom. The van der Waals surface area contributed by atoms with E-state index in [2.05, 4.69) is 24.5 Å². The van der Waals surface area contributed by atoms with Crippen LogP contribution in [0.5, 0.6) is 0 Å².